The minimum atomic E-state index is -3.60. The Morgan fingerprint density at radius 2 is 1.69 bits per heavy atom. The number of carbonyl (C=O) groups excluding carboxylic acids is 1. The minimum absolute atomic E-state index is 0.0659. The second kappa shape index (κ2) is 9.71. The van der Waals surface area contributed by atoms with Crippen LogP contribution in [0.25, 0.3) is 5.69 Å². The predicted octanol–water partition coefficient (Wildman–Crippen LogP) is 3.29. The average Bonchev–Trinajstić information content (AvgIpc) is 3.13. The van der Waals surface area contributed by atoms with Gasteiger partial charge in [-0.2, -0.15) is 0 Å². The monoisotopic (exact) mass is 431 g/mol. The van der Waals surface area contributed by atoms with E-state index >= 15 is 0 Å². The Morgan fingerprint density at radius 1 is 1.03 bits per heavy atom. The number of hydrogen-bond acceptors (Lipinski definition) is 7. The smallest absolute Gasteiger partial charge is 0.316 e. The van der Waals surface area contributed by atoms with Crippen molar-refractivity contribution in [3.05, 3.63) is 66.5 Å². The van der Waals surface area contributed by atoms with Crippen molar-refractivity contribution in [2.24, 2.45) is 0 Å². The van der Waals surface area contributed by atoms with Crippen molar-refractivity contribution in [3.63, 3.8) is 0 Å². The van der Waals surface area contributed by atoms with Crippen LogP contribution in [0, 0.1) is 0 Å². The molecular weight excluding hydrogens is 410 g/mol. The summed E-state index contributed by atoms with van der Waals surface area (Å²) in [7, 11) is -3.60. The Bertz CT molecular complexity index is 1050. The fourth-order valence-corrected chi connectivity index (χ4v) is 4.62. The third kappa shape index (κ3) is 5.45. The fourth-order valence-electron chi connectivity index (χ4n) is 2.59. The molecule has 0 N–H and O–H groups in total. The molecule has 9 heteroatoms. The Morgan fingerprint density at radius 3 is 2.34 bits per heavy atom. The highest BCUT2D eigenvalue weighted by atomic mass is 32.2. The molecule has 3 rings (SSSR count). The van der Waals surface area contributed by atoms with Gasteiger partial charge < -0.3 is 4.74 Å². The number of para-hydroxylation sites is 1. The molecule has 29 heavy (non-hydrogen) atoms. The summed E-state index contributed by atoms with van der Waals surface area (Å²) < 4.78 is 32.4. The standard InChI is InChI=1S/C20H21N3O4S2/c1-2-13-27-19(24)14-28-20-22-21-18(23(20)16-9-5-3-6-10-16)15-29(25,26)17-11-7-4-8-12-17/h3-12H,2,13-15H2,1H3. The molecular formula is C20H21N3O4S2. The quantitative estimate of drug-likeness (QED) is 0.379. The number of aromatic nitrogens is 3. The zero-order valence-corrected chi connectivity index (χ0v) is 17.5. The molecule has 0 bridgehead atoms. The Kier molecular flexibility index (Phi) is 7.05. The third-order valence-electron chi connectivity index (χ3n) is 3.92. The number of ether oxygens (including phenoxy) is 1. The van der Waals surface area contributed by atoms with Crippen LogP contribution >= 0.6 is 11.8 Å². The van der Waals surface area contributed by atoms with Crippen molar-refractivity contribution in [3.8, 4) is 5.69 Å². The van der Waals surface area contributed by atoms with Crippen LogP contribution in [-0.2, 0) is 25.1 Å². The van der Waals surface area contributed by atoms with E-state index < -0.39 is 9.84 Å². The summed E-state index contributed by atoms with van der Waals surface area (Å²) in [6, 6.07) is 17.4. The van der Waals surface area contributed by atoms with E-state index in [4.69, 9.17) is 4.74 Å². The minimum Gasteiger partial charge on any atom is -0.465 e. The van der Waals surface area contributed by atoms with Gasteiger partial charge in [0, 0.05) is 5.69 Å². The van der Waals surface area contributed by atoms with Crippen LogP contribution in [0.15, 0.2) is 70.7 Å². The van der Waals surface area contributed by atoms with Gasteiger partial charge in [0.25, 0.3) is 0 Å². The molecule has 0 unspecified atom stereocenters. The van der Waals surface area contributed by atoms with E-state index in [2.05, 4.69) is 10.2 Å². The van der Waals surface area contributed by atoms with E-state index in [0.717, 1.165) is 23.9 Å². The summed E-state index contributed by atoms with van der Waals surface area (Å²) in [4.78, 5) is 12.1. The molecule has 0 fully saturated rings. The van der Waals surface area contributed by atoms with Crippen LogP contribution in [0.2, 0.25) is 0 Å². The van der Waals surface area contributed by atoms with Gasteiger partial charge >= 0.3 is 5.97 Å². The molecule has 7 nitrogen and oxygen atoms in total. The van der Waals surface area contributed by atoms with Crippen molar-refractivity contribution in [1.82, 2.24) is 14.8 Å². The number of esters is 1. The summed E-state index contributed by atoms with van der Waals surface area (Å²) in [6.45, 7) is 2.29. The van der Waals surface area contributed by atoms with Crippen LogP contribution in [0.4, 0.5) is 0 Å². The second-order valence-electron chi connectivity index (χ2n) is 6.15. The lowest BCUT2D eigenvalue weighted by molar-refractivity contribution is -0.140. The Labute approximate surface area is 174 Å². The lowest BCUT2D eigenvalue weighted by Gasteiger charge is -2.10. The number of sulfone groups is 1. The third-order valence-corrected chi connectivity index (χ3v) is 6.45. The highest BCUT2D eigenvalue weighted by Crippen LogP contribution is 2.24. The van der Waals surface area contributed by atoms with Gasteiger partial charge in [-0.25, -0.2) is 8.42 Å². The maximum absolute atomic E-state index is 12.8. The lowest BCUT2D eigenvalue weighted by Crippen LogP contribution is -2.12. The van der Waals surface area contributed by atoms with Crippen molar-refractivity contribution in [1.29, 1.82) is 0 Å². The van der Waals surface area contributed by atoms with Crippen molar-refractivity contribution in [2.45, 2.75) is 29.1 Å². The maximum Gasteiger partial charge on any atom is 0.316 e. The first-order valence-electron chi connectivity index (χ1n) is 9.07. The first kappa shape index (κ1) is 21.1. The summed E-state index contributed by atoms with van der Waals surface area (Å²) >= 11 is 1.16. The number of nitrogens with zero attached hydrogens (tertiary/aromatic N) is 3. The average molecular weight is 432 g/mol. The van der Waals surface area contributed by atoms with Crippen molar-refractivity contribution in [2.75, 3.05) is 12.4 Å². The first-order valence-corrected chi connectivity index (χ1v) is 11.7. The van der Waals surface area contributed by atoms with Gasteiger partial charge in [0.1, 0.15) is 5.75 Å². The topological polar surface area (TPSA) is 91.2 Å². The lowest BCUT2D eigenvalue weighted by atomic mass is 10.3. The number of rotatable bonds is 9. The van der Waals surface area contributed by atoms with Crippen LogP contribution < -0.4 is 0 Å². The predicted molar refractivity (Wildman–Crippen MR) is 111 cm³/mol. The second-order valence-corrected chi connectivity index (χ2v) is 9.08. The maximum atomic E-state index is 12.8. The molecule has 2 aromatic carbocycles. The fraction of sp³-hybridized carbons (Fsp3) is 0.250. The van der Waals surface area contributed by atoms with Crippen LogP contribution in [0.5, 0.6) is 0 Å². The normalized spacial score (nSPS) is 11.3. The first-order chi connectivity index (χ1) is 14.0. The Hall–Kier alpha value is -2.65. The number of benzene rings is 2. The molecule has 0 aliphatic heterocycles. The van der Waals surface area contributed by atoms with Gasteiger partial charge in [-0.3, -0.25) is 9.36 Å². The highest BCUT2D eigenvalue weighted by Gasteiger charge is 2.23. The van der Waals surface area contributed by atoms with E-state index in [1.165, 1.54) is 0 Å². The molecule has 152 valence electrons. The van der Waals surface area contributed by atoms with Gasteiger partial charge in [-0.1, -0.05) is 55.1 Å². The molecule has 0 amide bonds. The van der Waals surface area contributed by atoms with Crippen LogP contribution in [-0.4, -0.2) is 41.5 Å². The molecule has 0 aliphatic rings. The van der Waals surface area contributed by atoms with Crippen molar-refractivity contribution >= 4 is 27.6 Å². The zero-order valence-electron chi connectivity index (χ0n) is 15.9. The summed E-state index contributed by atoms with van der Waals surface area (Å²) in [5.74, 6) is -0.307. The van der Waals surface area contributed by atoms with Gasteiger partial charge in [0.15, 0.2) is 20.8 Å². The molecule has 0 saturated carbocycles. The summed E-state index contributed by atoms with van der Waals surface area (Å²) in [6.07, 6.45) is 0.748. The van der Waals surface area contributed by atoms with Gasteiger partial charge in [-0.15, -0.1) is 10.2 Å². The number of thioether (sulfide) groups is 1. The summed E-state index contributed by atoms with van der Waals surface area (Å²) in [5, 5.41) is 8.66. The number of hydrogen-bond donors (Lipinski definition) is 0. The molecule has 0 atom stereocenters. The van der Waals surface area contributed by atoms with Gasteiger partial charge in [-0.05, 0) is 30.7 Å². The van der Waals surface area contributed by atoms with Gasteiger partial charge in [0.05, 0.1) is 17.3 Å². The van der Waals surface area contributed by atoms with E-state index in [-0.39, 0.29) is 28.2 Å². The number of carbonyl (C=O) groups is 1. The molecule has 1 aromatic heterocycles. The van der Waals surface area contributed by atoms with E-state index in [0.29, 0.717) is 11.8 Å². The molecule has 0 radical (unpaired) electrons. The Balaban J connectivity index is 1.90. The summed E-state index contributed by atoms with van der Waals surface area (Å²) in [5.41, 5.74) is 0.722. The zero-order chi connectivity index (χ0) is 20.7. The highest BCUT2D eigenvalue weighted by molar-refractivity contribution is 7.99. The SMILES string of the molecule is CCCOC(=O)CSc1nnc(CS(=O)(=O)c2ccccc2)n1-c1ccccc1. The van der Waals surface area contributed by atoms with E-state index in [1.807, 2.05) is 37.3 Å². The van der Waals surface area contributed by atoms with Crippen molar-refractivity contribution < 1.29 is 17.9 Å². The van der Waals surface area contributed by atoms with E-state index in [9.17, 15) is 13.2 Å². The largest absolute Gasteiger partial charge is 0.465 e. The molecule has 0 spiro atoms. The van der Waals surface area contributed by atoms with Crippen LogP contribution in [0.1, 0.15) is 19.2 Å². The van der Waals surface area contributed by atoms with Gasteiger partial charge in [0.2, 0.25) is 0 Å². The molecule has 0 aliphatic carbocycles. The van der Waals surface area contributed by atoms with E-state index in [1.54, 1.807) is 34.9 Å². The van der Waals surface area contributed by atoms with Crippen LogP contribution in [0.3, 0.4) is 0 Å². The molecule has 1 heterocycles. The molecule has 0 saturated heterocycles. The molecule has 3 aromatic rings.